The monoisotopic (exact) mass is 273 g/mol. The second-order valence-electron chi connectivity index (χ2n) is 4.63. The third kappa shape index (κ3) is 2.99. The summed E-state index contributed by atoms with van der Waals surface area (Å²) in [5, 5.41) is 15.1. The van der Waals surface area contributed by atoms with Gasteiger partial charge in [-0.05, 0) is 39.4 Å². The number of anilines is 1. The second kappa shape index (κ2) is 7.05. The van der Waals surface area contributed by atoms with E-state index < -0.39 is 0 Å². The van der Waals surface area contributed by atoms with Crippen molar-refractivity contribution >= 4 is 5.95 Å². The van der Waals surface area contributed by atoms with Gasteiger partial charge < -0.3 is 10.6 Å². The predicted octanol–water partition coefficient (Wildman–Crippen LogP) is 2.16. The molecule has 1 heterocycles. The van der Waals surface area contributed by atoms with Gasteiger partial charge in [0, 0.05) is 18.7 Å². The van der Waals surface area contributed by atoms with Gasteiger partial charge in [-0.15, -0.1) is 10.2 Å². The third-order valence-corrected chi connectivity index (χ3v) is 3.30. The second-order valence-corrected chi connectivity index (χ2v) is 4.63. The Balaban J connectivity index is 2.40. The van der Waals surface area contributed by atoms with Crippen LogP contribution in [0.4, 0.5) is 5.95 Å². The molecule has 1 aromatic carbocycles. The van der Waals surface area contributed by atoms with Crippen molar-refractivity contribution in [1.82, 2.24) is 20.1 Å². The summed E-state index contributed by atoms with van der Waals surface area (Å²) in [7, 11) is 1.97. The normalized spacial score (nSPS) is 10.8. The molecule has 0 unspecified atom stereocenters. The molecule has 5 heteroatoms. The van der Waals surface area contributed by atoms with E-state index in [1.807, 2.05) is 7.05 Å². The molecule has 0 saturated heterocycles. The summed E-state index contributed by atoms with van der Waals surface area (Å²) >= 11 is 0. The van der Waals surface area contributed by atoms with Crippen molar-refractivity contribution in [1.29, 1.82) is 0 Å². The molecule has 2 rings (SSSR count). The smallest absolute Gasteiger partial charge is 0.224 e. The highest BCUT2D eigenvalue weighted by molar-refractivity contribution is 5.62. The molecule has 0 aliphatic rings. The number of hydrogen-bond donors (Lipinski definition) is 2. The maximum atomic E-state index is 4.37. The van der Waals surface area contributed by atoms with E-state index in [9.17, 15) is 0 Å². The summed E-state index contributed by atoms with van der Waals surface area (Å²) in [5.41, 5.74) is 2.47. The number of benzene rings is 1. The lowest BCUT2D eigenvalue weighted by Crippen LogP contribution is -2.12. The fraction of sp³-hybridized carbons (Fsp3) is 0.467. The first-order valence-electron chi connectivity index (χ1n) is 7.21. The first-order valence-corrected chi connectivity index (χ1v) is 7.21. The fourth-order valence-electron chi connectivity index (χ4n) is 2.31. The van der Waals surface area contributed by atoms with Crippen LogP contribution in [0.25, 0.3) is 11.4 Å². The van der Waals surface area contributed by atoms with Gasteiger partial charge in [-0.3, -0.25) is 4.57 Å². The van der Waals surface area contributed by atoms with Crippen molar-refractivity contribution in [3.63, 3.8) is 0 Å². The molecule has 20 heavy (non-hydrogen) atoms. The van der Waals surface area contributed by atoms with Crippen LogP contribution in [0.2, 0.25) is 0 Å². The van der Waals surface area contributed by atoms with Crippen LogP contribution in [0.1, 0.15) is 19.4 Å². The molecule has 0 radical (unpaired) electrons. The lowest BCUT2D eigenvalue weighted by molar-refractivity contribution is 0.765. The molecule has 2 aromatic rings. The van der Waals surface area contributed by atoms with Crippen molar-refractivity contribution in [3.05, 3.63) is 29.8 Å². The summed E-state index contributed by atoms with van der Waals surface area (Å²) in [6.45, 7) is 6.83. The number of rotatable bonds is 7. The zero-order chi connectivity index (χ0) is 14.4. The van der Waals surface area contributed by atoms with Gasteiger partial charge in [0.15, 0.2) is 5.82 Å². The fourth-order valence-corrected chi connectivity index (χ4v) is 2.31. The molecule has 0 atom stereocenters. The SMILES string of the molecule is CCNc1nnc(-c2ccccc2CCNC)n1CC. The van der Waals surface area contributed by atoms with E-state index in [4.69, 9.17) is 0 Å². The van der Waals surface area contributed by atoms with Gasteiger partial charge in [0.2, 0.25) is 5.95 Å². The molecule has 0 spiro atoms. The van der Waals surface area contributed by atoms with E-state index >= 15 is 0 Å². The van der Waals surface area contributed by atoms with E-state index in [1.165, 1.54) is 11.1 Å². The number of hydrogen-bond acceptors (Lipinski definition) is 4. The Kier molecular flexibility index (Phi) is 5.12. The highest BCUT2D eigenvalue weighted by atomic mass is 15.3. The number of aromatic nitrogens is 3. The Bertz CT molecular complexity index is 547. The van der Waals surface area contributed by atoms with Crippen molar-refractivity contribution in [2.75, 3.05) is 25.5 Å². The minimum Gasteiger partial charge on any atom is -0.355 e. The first-order chi connectivity index (χ1) is 9.81. The predicted molar refractivity (Wildman–Crippen MR) is 82.9 cm³/mol. The first kappa shape index (κ1) is 14.5. The van der Waals surface area contributed by atoms with Crippen LogP contribution in [0.3, 0.4) is 0 Å². The molecule has 0 aliphatic carbocycles. The number of likely N-dealkylation sites (N-methyl/N-ethyl adjacent to an activating group) is 1. The summed E-state index contributed by atoms with van der Waals surface area (Å²) in [6, 6.07) is 8.41. The molecule has 0 saturated carbocycles. The van der Waals surface area contributed by atoms with Crippen molar-refractivity contribution in [3.8, 4) is 11.4 Å². The standard InChI is InChI=1S/C15H23N5/c1-4-17-15-19-18-14(20(15)5-2)13-9-7-6-8-12(13)10-11-16-3/h6-9,16H,4-5,10-11H2,1-3H3,(H,17,19). The van der Waals surface area contributed by atoms with Gasteiger partial charge in [-0.2, -0.15) is 0 Å². The molecular weight excluding hydrogens is 250 g/mol. The molecule has 0 aliphatic heterocycles. The van der Waals surface area contributed by atoms with Crippen LogP contribution in [0.5, 0.6) is 0 Å². The van der Waals surface area contributed by atoms with Crippen LogP contribution in [0.15, 0.2) is 24.3 Å². The Labute approximate surface area is 120 Å². The van der Waals surface area contributed by atoms with Gasteiger partial charge >= 0.3 is 0 Å². The van der Waals surface area contributed by atoms with Crippen LogP contribution < -0.4 is 10.6 Å². The van der Waals surface area contributed by atoms with E-state index in [-0.39, 0.29) is 0 Å². The average Bonchev–Trinajstić information content (AvgIpc) is 2.88. The lowest BCUT2D eigenvalue weighted by Gasteiger charge is -2.11. The molecule has 2 N–H and O–H groups in total. The zero-order valence-corrected chi connectivity index (χ0v) is 12.5. The van der Waals surface area contributed by atoms with Gasteiger partial charge in [0.1, 0.15) is 0 Å². The molecule has 1 aromatic heterocycles. The van der Waals surface area contributed by atoms with Crippen molar-refractivity contribution in [2.45, 2.75) is 26.8 Å². The van der Waals surface area contributed by atoms with E-state index in [0.717, 1.165) is 37.8 Å². The van der Waals surface area contributed by atoms with Crippen LogP contribution in [-0.2, 0) is 13.0 Å². The van der Waals surface area contributed by atoms with Crippen LogP contribution in [-0.4, -0.2) is 34.9 Å². The molecule has 0 fully saturated rings. The Hall–Kier alpha value is -1.88. The van der Waals surface area contributed by atoms with Gasteiger partial charge in [-0.1, -0.05) is 24.3 Å². The van der Waals surface area contributed by atoms with E-state index in [2.05, 4.69) is 63.5 Å². The Morgan fingerprint density at radius 1 is 1.15 bits per heavy atom. The van der Waals surface area contributed by atoms with Crippen molar-refractivity contribution < 1.29 is 0 Å². The number of nitrogens with one attached hydrogen (secondary N) is 2. The molecular formula is C15H23N5. The quantitative estimate of drug-likeness (QED) is 0.811. The van der Waals surface area contributed by atoms with Gasteiger partial charge in [-0.25, -0.2) is 0 Å². The van der Waals surface area contributed by atoms with E-state index in [0.29, 0.717) is 0 Å². The maximum absolute atomic E-state index is 4.37. The highest BCUT2D eigenvalue weighted by Gasteiger charge is 2.14. The van der Waals surface area contributed by atoms with Crippen molar-refractivity contribution in [2.24, 2.45) is 0 Å². The average molecular weight is 273 g/mol. The van der Waals surface area contributed by atoms with E-state index in [1.54, 1.807) is 0 Å². The van der Waals surface area contributed by atoms with Gasteiger partial charge in [0.05, 0.1) is 0 Å². The topological polar surface area (TPSA) is 54.8 Å². The number of nitrogens with zero attached hydrogens (tertiary/aromatic N) is 3. The largest absolute Gasteiger partial charge is 0.355 e. The minimum absolute atomic E-state index is 0.841. The third-order valence-electron chi connectivity index (χ3n) is 3.30. The summed E-state index contributed by atoms with van der Waals surface area (Å²) in [6.07, 6.45) is 0.986. The summed E-state index contributed by atoms with van der Waals surface area (Å²) in [4.78, 5) is 0. The van der Waals surface area contributed by atoms with Gasteiger partial charge in [0.25, 0.3) is 0 Å². The summed E-state index contributed by atoms with van der Waals surface area (Å²) in [5.74, 6) is 1.78. The maximum Gasteiger partial charge on any atom is 0.224 e. The lowest BCUT2D eigenvalue weighted by atomic mass is 10.0. The Morgan fingerprint density at radius 3 is 2.65 bits per heavy atom. The van der Waals surface area contributed by atoms with Crippen LogP contribution >= 0.6 is 0 Å². The molecule has 108 valence electrons. The highest BCUT2D eigenvalue weighted by Crippen LogP contribution is 2.24. The molecule has 5 nitrogen and oxygen atoms in total. The molecule has 0 bridgehead atoms. The molecule has 0 amide bonds. The van der Waals surface area contributed by atoms with Crippen LogP contribution in [0, 0.1) is 0 Å². The minimum atomic E-state index is 0.841. The Morgan fingerprint density at radius 2 is 1.95 bits per heavy atom. The summed E-state index contributed by atoms with van der Waals surface area (Å²) < 4.78 is 2.13. The zero-order valence-electron chi connectivity index (χ0n) is 12.5.